The summed E-state index contributed by atoms with van der Waals surface area (Å²) in [4.78, 5) is 4.57. The highest BCUT2D eigenvalue weighted by Gasteiger charge is 2.14. The molecule has 2 aromatic rings. The molecule has 0 fully saturated rings. The second-order valence-corrected chi connectivity index (χ2v) is 4.92. The summed E-state index contributed by atoms with van der Waals surface area (Å²) in [5.74, 6) is 0.335. The zero-order valence-corrected chi connectivity index (χ0v) is 10.8. The van der Waals surface area contributed by atoms with Crippen molar-refractivity contribution in [2.24, 2.45) is 0 Å². The molecule has 4 heteroatoms. The van der Waals surface area contributed by atoms with Gasteiger partial charge in [0.15, 0.2) is 0 Å². The van der Waals surface area contributed by atoms with E-state index in [2.05, 4.69) is 40.8 Å². The van der Waals surface area contributed by atoms with E-state index in [0.29, 0.717) is 12.3 Å². The van der Waals surface area contributed by atoms with Crippen molar-refractivity contribution in [2.45, 2.75) is 26.2 Å². The molecule has 0 bridgehead atoms. The normalized spacial score (nSPS) is 10.9. The van der Waals surface area contributed by atoms with E-state index >= 15 is 0 Å². The van der Waals surface area contributed by atoms with E-state index in [1.165, 1.54) is 0 Å². The number of nitriles is 1. The lowest BCUT2D eigenvalue weighted by molar-refractivity contribution is 0.814. The molecule has 2 rings (SSSR count). The maximum atomic E-state index is 8.86. The molecule has 0 aliphatic carbocycles. The predicted molar refractivity (Wildman–Crippen MR) is 66.3 cm³/mol. The Bertz CT molecular complexity index is 563. The molecule has 0 aliphatic rings. The Balaban J connectivity index is 2.71. The summed E-state index contributed by atoms with van der Waals surface area (Å²) >= 11 is 3.42. The minimum Gasteiger partial charge on any atom is -0.303 e. The summed E-state index contributed by atoms with van der Waals surface area (Å²) in [6.45, 7) is 4.19. The van der Waals surface area contributed by atoms with Crippen molar-refractivity contribution in [3.63, 3.8) is 0 Å². The summed E-state index contributed by atoms with van der Waals surface area (Å²) < 4.78 is 2.99. The quantitative estimate of drug-likeness (QED) is 0.845. The summed E-state index contributed by atoms with van der Waals surface area (Å²) in [6.07, 6.45) is 2.35. The van der Waals surface area contributed by atoms with Crippen LogP contribution < -0.4 is 0 Å². The van der Waals surface area contributed by atoms with Gasteiger partial charge in [-0.2, -0.15) is 5.26 Å². The first-order valence-corrected chi connectivity index (χ1v) is 5.96. The zero-order valence-electron chi connectivity index (χ0n) is 9.24. The lowest BCUT2D eigenvalue weighted by Crippen LogP contribution is -1.97. The third kappa shape index (κ3) is 1.83. The van der Waals surface area contributed by atoms with Crippen molar-refractivity contribution in [1.82, 2.24) is 9.38 Å². The van der Waals surface area contributed by atoms with Gasteiger partial charge in [-0.05, 0) is 18.1 Å². The molecule has 0 aromatic carbocycles. The van der Waals surface area contributed by atoms with Gasteiger partial charge < -0.3 is 4.40 Å². The first kappa shape index (κ1) is 11.2. The van der Waals surface area contributed by atoms with Gasteiger partial charge in [-0.15, -0.1) is 0 Å². The maximum Gasteiger partial charge on any atom is 0.138 e. The van der Waals surface area contributed by atoms with Crippen LogP contribution in [-0.4, -0.2) is 9.38 Å². The minimum absolute atomic E-state index is 0.335. The Morgan fingerprint density at radius 1 is 1.56 bits per heavy atom. The van der Waals surface area contributed by atoms with Crippen molar-refractivity contribution in [3.05, 3.63) is 34.2 Å². The predicted octanol–water partition coefficient (Wildman–Crippen LogP) is 3.29. The Kier molecular flexibility index (Phi) is 2.97. The van der Waals surface area contributed by atoms with E-state index in [1.54, 1.807) is 0 Å². The average Bonchev–Trinajstić information content (AvgIpc) is 2.57. The van der Waals surface area contributed by atoms with Crippen molar-refractivity contribution < 1.29 is 0 Å². The molecular weight excluding hydrogens is 266 g/mol. The van der Waals surface area contributed by atoms with Crippen LogP contribution in [0.3, 0.4) is 0 Å². The van der Waals surface area contributed by atoms with E-state index in [9.17, 15) is 0 Å². The van der Waals surface area contributed by atoms with E-state index < -0.39 is 0 Å². The van der Waals surface area contributed by atoms with Crippen molar-refractivity contribution >= 4 is 21.6 Å². The fourth-order valence-electron chi connectivity index (χ4n) is 1.80. The van der Waals surface area contributed by atoms with Gasteiger partial charge in [0.1, 0.15) is 5.65 Å². The number of imidazole rings is 1. The van der Waals surface area contributed by atoms with Crippen LogP contribution in [0.5, 0.6) is 0 Å². The van der Waals surface area contributed by atoms with Crippen molar-refractivity contribution in [3.8, 4) is 6.07 Å². The summed E-state index contributed by atoms with van der Waals surface area (Å²) in [7, 11) is 0. The molecule has 16 heavy (non-hydrogen) atoms. The van der Waals surface area contributed by atoms with Crippen LogP contribution in [0.4, 0.5) is 0 Å². The monoisotopic (exact) mass is 277 g/mol. The number of rotatable bonds is 2. The number of aromatic nitrogens is 2. The highest BCUT2D eigenvalue weighted by atomic mass is 79.9. The smallest absolute Gasteiger partial charge is 0.138 e. The molecule has 2 heterocycles. The second-order valence-electron chi connectivity index (χ2n) is 4.01. The highest BCUT2D eigenvalue weighted by Crippen LogP contribution is 2.22. The number of fused-ring (bicyclic) bond motifs is 1. The van der Waals surface area contributed by atoms with Gasteiger partial charge >= 0.3 is 0 Å². The lowest BCUT2D eigenvalue weighted by atomic mass is 10.1. The topological polar surface area (TPSA) is 41.1 Å². The Labute approximate surface area is 103 Å². The zero-order chi connectivity index (χ0) is 11.7. The maximum absolute atomic E-state index is 8.86. The molecule has 0 spiro atoms. The first-order chi connectivity index (χ1) is 7.63. The van der Waals surface area contributed by atoms with Crippen LogP contribution in [0, 0.1) is 11.3 Å². The first-order valence-electron chi connectivity index (χ1n) is 5.17. The van der Waals surface area contributed by atoms with Crippen LogP contribution in [0.2, 0.25) is 0 Å². The van der Waals surface area contributed by atoms with Gasteiger partial charge in [0.2, 0.25) is 0 Å². The van der Waals surface area contributed by atoms with E-state index in [1.807, 2.05) is 22.7 Å². The summed E-state index contributed by atoms with van der Waals surface area (Å²) in [5.41, 5.74) is 2.91. The molecule has 0 saturated heterocycles. The molecular formula is C12H12BrN3. The van der Waals surface area contributed by atoms with Crippen molar-refractivity contribution in [2.75, 3.05) is 0 Å². The minimum atomic E-state index is 0.335. The van der Waals surface area contributed by atoms with Crippen LogP contribution in [-0.2, 0) is 6.42 Å². The highest BCUT2D eigenvalue weighted by molar-refractivity contribution is 9.10. The molecule has 0 aliphatic heterocycles. The number of pyridine rings is 1. The lowest BCUT2D eigenvalue weighted by Gasteiger charge is -2.03. The van der Waals surface area contributed by atoms with E-state index in [-0.39, 0.29) is 0 Å². The molecule has 2 aromatic heterocycles. The van der Waals surface area contributed by atoms with Crippen LogP contribution in [0.25, 0.3) is 5.65 Å². The van der Waals surface area contributed by atoms with E-state index in [4.69, 9.17) is 5.26 Å². The fraction of sp³-hybridized carbons (Fsp3) is 0.333. The Morgan fingerprint density at radius 2 is 2.31 bits per heavy atom. The fourth-order valence-corrected chi connectivity index (χ4v) is 2.12. The Hall–Kier alpha value is -1.34. The third-order valence-corrected chi connectivity index (χ3v) is 3.00. The van der Waals surface area contributed by atoms with Gasteiger partial charge in [-0.3, -0.25) is 0 Å². The number of halogens is 1. The number of nitrogens with zero attached hydrogens (tertiary/aromatic N) is 3. The second kappa shape index (κ2) is 4.26. The molecule has 0 radical (unpaired) electrons. The van der Waals surface area contributed by atoms with Crippen molar-refractivity contribution in [1.29, 1.82) is 5.26 Å². The average molecular weight is 278 g/mol. The van der Waals surface area contributed by atoms with E-state index in [0.717, 1.165) is 21.5 Å². The van der Waals surface area contributed by atoms with Gasteiger partial charge in [-0.1, -0.05) is 29.8 Å². The largest absolute Gasteiger partial charge is 0.303 e. The van der Waals surface area contributed by atoms with Crippen LogP contribution >= 0.6 is 15.9 Å². The van der Waals surface area contributed by atoms with Crippen LogP contribution in [0.15, 0.2) is 22.8 Å². The van der Waals surface area contributed by atoms with Gasteiger partial charge in [0.25, 0.3) is 0 Å². The molecule has 0 amide bonds. The number of hydrogen-bond donors (Lipinski definition) is 0. The van der Waals surface area contributed by atoms with Gasteiger partial charge in [-0.25, -0.2) is 4.98 Å². The molecule has 82 valence electrons. The molecule has 0 unspecified atom stereocenters. The number of hydrogen-bond acceptors (Lipinski definition) is 2. The standard InChI is InChI=1S/C12H12BrN3/c1-8(2)12-10(3-5-14)16-6-4-9(13)7-11(16)15-12/h4,6-8H,3H2,1-2H3. The molecule has 0 saturated carbocycles. The van der Waals surface area contributed by atoms with Crippen LogP contribution in [0.1, 0.15) is 31.2 Å². The SMILES string of the molecule is CC(C)c1nc2cc(Br)ccn2c1CC#N. The van der Waals surface area contributed by atoms with Gasteiger partial charge in [0.05, 0.1) is 23.9 Å². The third-order valence-electron chi connectivity index (χ3n) is 2.51. The summed E-state index contributed by atoms with van der Waals surface area (Å²) in [6, 6.07) is 6.12. The molecule has 3 nitrogen and oxygen atoms in total. The van der Waals surface area contributed by atoms with Gasteiger partial charge in [0, 0.05) is 10.7 Å². The Morgan fingerprint density at radius 3 is 2.94 bits per heavy atom. The summed E-state index contributed by atoms with van der Waals surface area (Å²) in [5, 5.41) is 8.86. The molecule has 0 N–H and O–H groups in total. The molecule has 0 atom stereocenters.